The standard InChI is InChI=1S/C12H17N3O/c1-11-5-7-12(8-6-11)16-10-4-2-3-9-14-15-13/h5-8H,2-4,9-10H2,1H3. The van der Waals surface area contributed by atoms with Crippen LogP contribution in [0.3, 0.4) is 0 Å². The summed E-state index contributed by atoms with van der Waals surface area (Å²) in [6.07, 6.45) is 2.96. The van der Waals surface area contributed by atoms with Gasteiger partial charge < -0.3 is 4.74 Å². The van der Waals surface area contributed by atoms with Crippen molar-refractivity contribution in [2.75, 3.05) is 13.2 Å². The third-order valence-electron chi connectivity index (χ3n) is 2.26. The number of hydrogen-bond acceptors (Lipinski definition) is 2. The van der Waals surface area contributed by atoms with E-state index in [1.807, 2.05) is 24.3 Å². The first-order valence-corrected chi connectivity index (χ1v) is 5.53. The average Bonchev–Trinajstić information content (AvgIpc) is 2.30. The van der Waals surface area contributed by atoms with Crippen molar-refractivity contribution in [1.82, 2.24) is 0 Å². The summed E-state index contributed by atoms with van der Waals surface area (Å²) in [4.78, 5) is 2.70. The Labute approximate surface area is 95.9 Å². The molecule has 1 aromatic carbocycles. The normalized spacial score (nSPS) is 9.56. The van der Waals surface area contributed by atoms with Gasteiger partial charge in [-0.1, -0.05) is 22.8 Å². The fourth-order valence-corrected chi connectivity index (χ4v) is 1.33. The van der Waals surface area contributed by atoms with Crippen LogP contribution in [0.25, 0.3) is 10.4 Å². The first-order valence-electron chi connectivity index (χ1n) is 5.53. The van der Waals surface area contributed by atoms with Gasteiger partial charge in [0.25, 0.3) is 0 Å². The van der Waals surface area contributed by atoms with E-state index in [1.165, 1.54) is 5.56 Å². The van der Waals surface area contributed by atoms with Gasteiger partial charge in [0.15, 0.2) is 0 Å². The lowest BCUT2D eigenvalue weighted by Crippen LogP contribution is -1.97. The highest BCUT2D eigenvalue weighted by Crippen LogP contribution is 2.11. The number of nitrogens with zero attached hydrogens (tertiary/aromatic N) is 3. The molecule has 0 bridgehead atoms. The molecule has 0 aliphatic heterocycles. The Morgan fingerprint density at radius 1 is 1.19 bits per heavy atom. The molecule has 0 atom stereocenters. The first kappa shape index (κ1) is 12.4. The van der Waals surface area contributed by atoms with Crippen molar-refractivity contribution in [2.24, 2.45) is 5.11 Å². The quantitative estimate of drug-likeness (QED) is 0.297. The minimum Gasteiger partial charge on any atom is -0.494 e. The summed E-state index contributed by atoms with van der Waals surface area (Å²) >= 11 is 0. The largest absolute Gasteiger partial charge is 0.494 e. The Bertz CT molecular complexity index is 342. The molecule has 0 spiro atoms. The number of hydrogen-bond donors (Lipinski definition) is 0. The fraction of sp³-hybridized carbons (Fsp3) is 0.500. The second-order valence-corrected chi connectivity index (χ2v) is 3.68. The molecule has 0 amide bonds. The maximum Gasteiger partial charge on any atom is 0.119 e. The average molecular weight is 219 g/mol. The minimum absolute atomic E-state index is 0.584. The van der Waals surface area contributed by atoms with Gasteiger partial charge in [0.2, 0.25) is 0 Å². The van der Waals surface area contributed by atoms with Gasteiger partial charge in [-0.2, -0.15) is 0 Å². The topological polar surface area (TPSA) is 58.0 Å². The van der Waals surface area contributed by atoms with Crippen LogP contribution in [0.5, 0.6) is 5.75 Å². The number of benzene rings is 1. The lowest BCUT2D eigenvalue weighted by atomic mass is 10.2. The first-order chi connectivity index (χ1) is 7.83. The molecule has 1 aromatic rings. The molecule has 0 saturated carbocycles. The molecule has 0 radical (unpaired) electrons. The van der Waals surface area contributed by atoms with E-state index in [9.17, 15) is 0 Å². The monoisotopic (exact) mass is 219 g/mol. The summed E-state index contributed by atoms with van der Waals surface area (Å²) < 4.78 is 5.56. The van der Waals surface area contributed by atoms with E-state index >= 15 is 0 Å². The number of ether oxygens (including phenoxy) is 1. The molecule has 4 nitrogen and oxygen atoms in total. The number of rotatable bonds is 7. The highest BCUT2D eigenvalue weighted by molar-refractivity contribution is 5.26. The predicted octanol–water partition coefficient (Wildman–Crippen LogP) is 3.85. The van der Waals surface area contributed by atoms with Crippen LogP contribution in [0.2, 0.25) is 0 Å². The molecule has 0 heterocycles. The van der Waals surface area contributed by atoms with Crippen molar-refractivity contribution >= 4 is 0 Å². The van der Waals surface area contributed by atoms with E-state index in [0.29, 0.717) is 6.54 Å². The Morgan fingerprint density at radius 2 is 1.94 bits per heavy atom. The molecule has 0 aromatic heterocycles. The lowest BCUT2D eigenvalue weighted by molar-refractivity contribution is 0.305. The molecule has 0 saturated heterocycles. The van der Waals surface area contributed by atoms with E-state index in [1.54, 1.807) is 0 Å². The summed E-state index contributed by atoms with van der Waals surface area (Å²) in [7, 11) is 0. The zero-order valence-electron chi connectivity index (χ0n) is 9.59. The van der Waals surface area contributed by atoms with Crippen LogP contribution < -0.4 is 4.74 Å². The SMILES string of the molecule is Cc1ccc(OCCCCCN=[N+]=[N-])cc1. The van der Waals surface area contributed by atoms with Crippen LogP contribution in [-0.2, 0) is 0 Å². The molecule has 0 fully saturated rings. The van der Waals surface area contributed by atoms with E-state index in [4.69, 9.17) is 10.3 Å². The zero-order chi connectivity index (χ0) is 11.6. The van der Waals surface area contributed by atoms with E-state index in [2.05, 4.69) is 16.9 Å². The Hall–Kier alpha value is -1.67. The van der Waals surface area contributed by atoms with Gasteiger partial charge in [-0.3, -0.25) is 0 Å². The van der Waals surface area contributed by atoms with Crippen molar-refractivity contribution < 1.29 is 4.74 Å². The second-order valence-electron chi connectivity index (χ2n) is 3.68. The maximum atomic E-state index is 8.07. The van der Waals surface area contributed by atoms with E-state index in [0.717, 1.165) is 31.6 Å². The molecule has 0 aliphatic carbocycles. The molecular formula is C12H17N3O. The minimum atomic E-state index is 0.584. The molecule has 0 N–H and O–H groups in total. The zero-order valence-corrected chi connectivity index (χ0v) is 9.59. The molecule has 86 valence electrons. The maximum absolute atomic E-state index is 8.07. The predicted molar refractivity (Wildman–Crippen MR) is 64.5 cm³/mol. The second kappa shape index (κ2) is 7.60. The van der Waals surface area contributed by atoms with Gasteiger partial charge in [-0.05, 0) is 43.9 Å². The van der Waals surface area contributed by atoms with E-state index in [-0.39, 0.29) is 0 Å². The smallest absolute Gasteiger partial charge is 0.119 e. The van der Waals surface area contributed by atoms with Gasteiger partial charge in [-0.15, -0.1) is 0 Å². The third kappa shape index (κ3) is 5.27. The molecule has 1 rings (SSSR count). The van der Waals surface area contributed by atoms with E-state index < -0.39 is 0 Å². The Balaban J connectivity index is 2.07. The van der Waals surface area contributed by atoms with Crippen molar-refractivity contribution in [2.45, 2.75) is 26.2 Å². The molecule has 16 heavy (non-hydrogen) atoms. The highest BCUT2D eigenvalue weighted by Gasteiger charge is 1.93. The Morgan fingerprint density at radius 3 is 2.62 bits per heavy atom. The molecule has 0 aliphatic rings. The summed E-state index contributed by atoms with van der Waals surface area (Å²) in [5.74, 6) is 0.917. The van der Waals surface area contributed by atoms with Gasteiger partial charge in [0.05, 0.1) is 6.61 Å². The van der Waals surface area contributed by atoms with Crippen molar-refractivity contribution in [3.05, 3.63) is 40.3 Å². The van der Waals surface area contributed by atoms with Crippen LogP contribution >= 0.6 is 0 Å². The number of unbranched alkanes of at least 4 members (excludes halogenated alkanes) is 2. The van der Waals surface area contributed by atoms with Crippen LogP contribution in [0.1, 0.15) is 24.8 Å². The summed E-state index contributed by atoms with van der Waals surface area (Å²) in [5, 5.41) is 3.48. The van der Waals surface area contributed by atoms with Crippen LogP contribution in [0, 0.1) is 6.92 Å². The summed E-state index contributed by atoms with van der Waals surface area (Å²) in [6.45, 7) is 3.36. The third-order valence-corrected chi connectivity index (χ3v) is 2.26. The highest BCUT2D eigenvalue weighted by atomic mass is 16.5. The molecule has 4 heteroatoms. The number of azide groups is 1. The molecular weight excluding hydrogens is 202 g/mol. The number of aryl methyl sites for hydroxylation is 1. The van der Waals surface area contributed by atoms with Crippen LogP contribution in [0.15, 0.2) is 29.4 Å². The Kier molecular flexibility index (Phi) is 5.89. The lowest BCUT2D eigenvalue weighted by Gasteiger charge is -2.05. The van der Waals surface area contributed by atoms with Crippen LogP contribution in [0.4, 0.5) is 0 Å². The van der Waals surface area contributed by atoms with Crippen molar-refractivity contribution in [3.63, 3.8) is 0 Å². The van der Waals surface area contributed by atoms with Crippen LogP contribution in [-0.4, -0.2) is 13.2 Å². The van der Waals surface area contributed by atoms with Gasteiger partial charge in [0, 0.05) is 11.5 Å². The molecule has 0 unspecified atom stereocenters. The van der Waals surface area contributed by atoms with Crippen molar-refractivity contribution in [1.29, 1.82) is 0 Å². The van der Waals surface area contributed by atoms with Gasteiger partial charge >= 0.3 is 0 Å². The van der Waals surface area contributed by atoms with Gasteiger partial charge in [-0.25, -0.2) is 0 Å². The summed E-state index contributed by atoms with van der Waals surface area (Å²) in [6, 6.07) is 8.04. The van der Waals surface area contributed by atoms with Gasteiger partial charge in [0.1, 0.15) is 5.75 Å². The van der Waals surface area contributed by atoms with Crippen molar-refractivity contribution in [3.8, 4) is 5.75 Å². The fourth-order valence-electron chi connectivity index (χ4n) is 1.33. The summed E-state index contributed by atoms with van der Waals surface area (Å²) in [5.41, 5.74) is 9.31.